The molecule has 8 heteroatoms. The van der Waals surface area contributed by atoms with E-state index in [0.29, 0.717) is 36.6 Å². The lowest BCUT2D eigenvalue weighted by Gasteiger charge is -2.29. The first-order valence-corrected chi connectivity index (χ1v) is 13.7. The Morgan fingerprint density at radius 3 is 2.41 bits per heavy atom. The average Bonchev–Trinajstić information content (AvgIpc) is 3.33. The summed E-state index contributed by atoms with van der Waals surface area (Å²) in [6.07, 6.45) is 2.67. The minimum Gasteiger partial charge on any atom is -0.497 e. The Bertz CT molecular complexity index is 1430. The van der Waals surface area contributed by atoms with E-state index in [4.69, 9.17) is 27.9 Å². The molecule has 4 rings (SSSR count). The van der Waals surface area contributed by atoms with Crippen molar-refractivity contribution in [2.45, 2.75) is 26.8 Å². The minimum atomic E-state index is -0.292. The van der Waals surface area contributed by atoms with Crippen molar-refractivity contribution >= 4 is 45.9 Å². The minimum absolute atomic E-state index is 0.0555. The number of ether oxygens (including phenoxy) is 1. The number of halogens is 2. The molecule has 0 saturated heterocycles. The van der Waals surface area contributed by atoms with E-state index >= 15 is 0 Å². The molecular weight excluding hydrogens is 533 g/mol. The third kappa shape index (κ3) is 7.34. The Kier molecular flexibility index (Phi) is 9.54. The third-order valence-electron chi connectivity index (χ3n) is 6.57. The van der Waals surface area contributed by atoms with Crippen LogP contribution in [-0.2, 0) is 17.8 Å². The number of nitrogens with zero attached hydrogens (tertiary/aromatic N) is 2. The van der Waals surface area contributed by atoms with E-state index in [9.17, 15) is 9.59 Å². The number of hydrogen-bond donors (Lipinski definition) is 1. The maximum absolute atomic E-state index is 13.8. The van der Waals surface area contributed by atoms with Gasteiger partial charge in [0.2, 0.25) is 5.91 Å². The van der Waals surface area contributed by atoms with Gasteiger partial charge < -0.3 is 19.5 Å². The van der Waals surface area contributed by atoms with Crippen LogP contribution in [0.5, 0.6) is 5.75 Å². The smallest absolute Gasteiger partial charge is 0.255 e. The van der Waals surface area contributed by atoms with E-state index in [2.05, 4.69) is 11.1 Å². The first-order chi connectivity index (χ1) is 18.7. The van der Waals surface area contributed by atoms with Crippen molar-refractivity contribution in [3.63, 3.8) is 0 Å². The van der Waals surface area contributed by atoms with E-state index in [-0.39, 0.29) is 29.3 Å². The molecule has 0 fully saturated rings. The Morgan fingerprint density at radius 2 is 1.72 bits per heavy atom. The van der Waals surface area contributed by atoms with Crippen LogP contribution in [0.3, 0.4) is 0 Å². The van der Waals surface area contributed by atoms with Crippen molar-refractivity contribution in [3.05, 3.63) is 99.7 Å². The molecule has 6 nitrogen and oxygen atoms in total. The number of rotatable bonds is 11. The quantitative estimate of drug-likeness (QED) is 0.216. The molecule has 0 bridgehead atoms. The van der Waals surface area contributed by atoms with E-state index in [0.717, 1.165) is 27.8 Å². The summed E-state index contributed by atoms with van der Waals surface area (Å²) in [4.78, 5) is 34.0. The van der Waals surface area contributed by atoms with Crippen LogP contribution >= 0.6 is 23.2 Å². The van der Waals surface area contributed by atoms with Crippen molar-refractivity contribution in [1.82, 2.24) is 14.8 Å². The lowest BCUT2D eigenvalue weighted by molar-refractivity contribution is -0.132. The highest BCUT2D eigenvalue weighted by Crippen LogP contribution is 2.24. The molecule has 204 valence electrons. The van der Waals surface area contributed by atoms with Crippen LogP contribution in [-0.4, -0.2) is 53.3 Å². The van der Waals surface area contributed by atoms with Gasteiger partial charge in [0.25, 0.3) is 5.91 Å². The zero-order valence-electron chi connectivity index (χ0n) is 22.4. The van der Waals surface area contributed by atoms with Gasteiger partial charge in [-0.15, -0.1) is 0 Å². The fourth-order valence-corrected chi connectivity index (χ4v) is 5.08. The summed E-state index contributed by atoms with van der Waals surface area (Å²) in [5.74, 6) is 0.488. The van der Waals surface area contributed by atoms with Gasteiger partial charge in [0.15, 0.2) is 0 Å². The normalized spacial score (nSPS) is 11.1. The predicted molar refractivity (Wildman–Crippen MR) is 158 cm³/mol. The van der Waals surface area contributed by atoms with Crippen LogP contribution in [0.2, 0.25) is 10.0 Å². The van der Waals surface area contributed by atoms with Gasteiger partial charge in [0.05, 0.1) is 17.7 Å². The molecule has 0 aliphatic heterocycles. The molecular formula is C31H33Cl2N3O3. The Labute approximate surface area is 239 Å². The fraction of sp³-hybridized carbons (Fsp3) is 0.290. The zero-order chi connectivity index (χ0) is 27.9. The monoisotopic (exact) mass is 565 g/mol. The number of aromatic nitrogens is 1. The molecule has 0 aliphatic carbocycles. The Morgan fingerprint density at radius 1 is 0.974 bits per heavy atom. The highest BCUT2D eigenvalue weighted by Gasteiger charge is 2.25. The summed E-state index contributed by atoms with van der Waals surface area (Å²) in [5.41, 5.74) is 3.51. The van der Waals surface area contributed by atoms with Crippen LogP contribution in [0.4, 0.5) is 0 Å². The summed E-state index contributed by atoms with van der Waals surface area (Å²) in [5, 5.41) is 1.86. The second kappa shape index (κ2) is 13.0. The lowest BCUT2D eigenvalue weighted by atomic mass is 10.1. The SMILES string of the molecule is COc1ccc(CN(CCc2c[nH]c3ccccc23)C(=O)CN(CC(C)C)C(=O)c2ccc(Cl)cc2Cl)cc1. The number of benzene rings is 3. The highest BCUT2D eigenvalue weighted by molar-refractivity contribution is 6.36. The van der Waals surface area contributed by atoms with Gasteiger partial charge in [0.1, 0.15) is 12.3 Å². The standard InChI is InChI=1S/C31H33Cl2N3O3/c1-21(2)18-36(31(38)27-13-10-24(32)16-28(27)33)20-30(37)35(19-22-8-11-25(39-3)12-9-22)15-14-23-17-34-29-7-5-4-6-26(23)29/h4-13,16-17,21,34H,14-15,18-20H2,1-3H3. The number of para-hydroxylation sites is 1. The van der Waals surface area contributed by atoms with Crippen molar-refractivity contribution in [3.8, 4) is 5.75 Å². The van der Waals surface area contributed by atoms with Crippen LogP contribution in [0.1, 0.15) is 35.3 Å². The van der Waals surface area contributed by atoms with E-state index in [1.165, 1.54) is 0 Å². The number of hydrogen-bond acceptors (Lipinski definition) is 3. The molecule has 2 amide bonds. The summed E-state index contributed by atoms with van der Waals surface area (Å²) in [6, 6.07) is 20.6. The number of fused-ring (bicyclic) bond motifs is 1. The number of carbonyl (C=O) groups is 2. The Balaban J connectivity index is 1.57. The third-order valence-corrected chi connectivity index (χ3v) is 7.12. The second-order valence-electron chi connectivity index (χ2n) is 9.98. The van der Waals surface area contributed by atoms with Gasteiger partial charge >= 0.3 is 0 Å². The fourth-order valence-electron chi connectivity index (χ4n) is 4.59. The molecule has 1 N–H and O–H groups in total. The lowest BCUT2D eigenvalue weighted by Crippen LogP contribution is -2.44. The topological polar surface area (TPSA) is 65.6 Å². The molecule has 3 aromatic carbocycles. The first kappa shape index (κ1) is 28.5. The molecule has 0 spiro atoms. The van der Waals surface area contributed by atoms with Crippen molar-refractivity contribution in [1.29, 1.82) is 0 Å². The van der Waals surface area contributed by atoms with Crippen LogP contribution in [0.15, 0.2) is 72.9 Å². The maximum Gasteiger partial charge on any atom is 0.255 e. The average molecular weight is 567 g/mol. The number of nitrogens with one attached hydrogen (secondary N) is 1. The largest absolute Gasteiger partial charge is 0.497 e. The predicted octanol–water partition coefficient (Wildman–Crippen LogP) is 6.85. The molecule has 39 heavy (non-hydrogen) atoms. The van der Waals surface area contributed by atoms with E-state index in [1.807, 2.05) is 67.4 Å². The summed E-state index contributed by atoms with van der Waals surface area (Å²) in [7, 11) is 1.62. The number of carbonyl (C=O) groups excluding carboxylic acids is 2. The number of methoxy groups -OCH3 is 1. The molecule has 0 unspecified atom stereocenters. The van der Waals surface area contributed by atoms with Crippen molar-refractivity contribution in [2.75, 3.05) is 26.7 Å². The molecule has 0 radical (unpaired) electrons. The first-order valence-electron chi connectivity index (χ1n) is 12.9. The van der Waals surface area contributed by atoms with Crippen LogP contribution in [0.25, 0.3) is 10.9 Å². The van der Waals surface area contributed by atoms with Crippen molar-refractivity contribution < 1.29 is 14.3 Å². The van der Waals surface area contributed by atoms with Crippen molar-refractivity contribution in [2.24, 2.45) is 5.92 Å². The van der Waals surface area contributed by atoms with E-state index < -0.39 is 0 Å². The van der Waals surface area contributed by atoms with Crippen LogP contribution < -0.4 is 4.74 Å². The van der Waals surface area contributed by atoms with Gasteiger partial charge in [-0.1, -0.05) is 67.4 Å². The highest BCUT2D eigenvalue weighted by atomic mass is 35.5. The Hall–Kier alpha value is -3.48. The van der Waals surface area contributed by atoms with Gasteiger partial charge in [-0.05, 0) is 59.9 Å². The number of aromatic amines is 1. The zero-order valence-corrected chi connectivity index (χ0v) is 23.9. The van der Waals surface area contributed by atoms with Crippen LogP contribution in [0, 0.1) is 5.92 Å². The summed E-state index contributed by atoms with van der Waals surface area (Å²) < 4.78 is 5.29. The second-order valence-corrected chi connectivity index (χ2v) is 10.8. The molecule has 1 heterocycles. The van der Waals surface area contributed by atoms with Gasteiger partial charge in [0, 0.05) is 41.8 Å². The summed E-state index contributed by atoms with van der Waals surface area (Å²) >= 11 is 12.4. The van der Waals surface area contributed by atoms with E-state index in [1.54, 1.807) is 30.2 Å². The number of amides is 2. The molecule has 4 aromatic rings. The summed E-state index contributed by atoms with van der Waals surface area (Å²) in [6.45, 7) is 5.30. The molecule has 0 atom stereocenters. The van der Waals surface area contributed by atoms with Gasteiger partial charge in [-0.2, -0.15) is 0 Å². The van der Waals surface area contributed by atoms with Gasteiger partial charge in [-0.25, -0.2) is 0 Å². The van der Waals surface area contributed by atoms with Gasteiger partial charge in [-0.3, -0.25) is 9.59 Å². The number of H-pyrrole nitrogens is 1. The maximum atomic E-state index is 13.8. The molecule has 0 saturated carbocycles. The molecule has 0 aliphatic rings. The molecule has 1 aromatic heterocycles.